The number of hydrogen-bond donors (Lipinski definition) is 4. The lowest BCUT2D eigenvalue weighted by molar-refractivity contribution is -0.135. The van der Waals surface area contributed by atoms with Gasteiger partial charge in [-0.05, 0) is 80.3 Å². The van der Waals surface area contributed by atoms with Crippen LogP contribution < -0.4 is 15.4 Å². The highest BCUT2D eigenvalue weighted by Crippen LogP contribution is 2.65. The third-order valence-electron chi connectivity index (χ3n) is 9.99. The standard InChI is InChI=1S/C30H35N3O5/c1-17(34)32-30-11-10-22(31-15-18-4-6-20(7-5-18)28(36)37)27-29(30)12-13-33(16-19-2-3-19)24(30)14-21-8-9-23(35)26(38-27)25(21)29/h4-9,19,22,24,27,31,35H,2-3,10-16H2,1H3,(H,32,34)(H,36,37)/t22-,24-,27?,29+,30-/m1/s1. The molecule has 0 aromatic heterocycles. The van der Waals surface area contributed by atoms with Crippen LogP contribution in [0.1, 0.15) is 66.1 Å². The van der Waals surface area contributed by atoms with Gasteiger partial charge in [0.2, 0.25) is 5.91 Å². The molecule has 3 fully saturated rings. The average Bonchev–Trinajstić information content (AvgIpc) is 3.63. The van der Waals surface area contributed by atoms with E-state index in [0.29, 0.717) is 12.3 Å². The van der Waals surface area contributed by atoms with Crippen LogP contribution in [0.25, 0.3) is 0 Å². The number of carboxylic acid groups (broad SMARTS) is 1. The van der Waals surface area contributed by atoms with Gasteiger partial charge in [0, 0.05) is 37.7 Å². The fourth-order valence-corrected chi connectivity index (χ4v) is 8.32. The van der Waals surface area contributed by atoms with Crippen LogP contribution in [-0.2, 0) is 23.2 Å². The first kappa shape index (κ1) is 24.0. The number of nitrogens with one attached hydrogen (secondary N) is 2. The van der Waals surface area contributed by atoms with Gasteiger partial charge in [0.15, 0.2) is 11.5 Å². The van der Waals surface area contributed by atoms with Crippen molar-refractivity contribution in [2.75, 3.05) is 13.1 Å². The first-order valence-electron chi connectivity index (χ1n) is 13.9. The molecule has 1 unspecified atom stereocenters. The zero-order chi connectivity index (χ0) is 26.2. The monoisotopic (exact) mass is 517 g/mol. The molecule has 5 atom stereocenters. The SMILES string of the molecule is CC(=O)N[C@@]12CC[C@@H](NCc3ccc(C(=O)O)cc3)C3Oc4c(O)ccc5c4[C@@]31CCN(CC1CC1)[C@@H]2C5. The van der Waals surface area contributed by atoms with E-state index in [1.807, 2.05) is 12.1 Å². The Balaban J connectivity index is 1.28. The van der Waals surface area contributed by atoms with E-state index >= 15 is 0 Å². The number of carbonyl (C=O) groups is 2. The number of carboxylic acids is 1. The first-order valence-corrected chi connectivity index (χ1v) is 13.9. The molecule has 5 aliphatic rings. The summed E-state index contributed by atoms with van der Waals surface area (Å²) in [5.74, 6) is 0.583. The van der Waals surface area contributed by atoms with Crippen LogP contribution in [0.2, 0.25) is 0 Å². The van der Waals surface area contributed by atoms with Crippen molar-refractivity contribution in [3.8, 4) is 11.5 Å². The van der Waals surface area contributed by atoms with E-state index in [-0.39, 0.29) is 35.4 Å². The quantitative estimate of drug-likeness (QED) is 0.447. The number of hydrogen-bond acceptors (Lipinski definition) is 6. The number of likely N-dealkylation sites (tertiary alicyclic amines) is 1. The van der Waals surface area contributed by atoms with Crippen molar-refractivity contribution in [1.29, 1.82) is 0 Å². The highest BCUT2D eigenvalue weighted by molar-refractivity contribution is 5.87. The molecule has 2 aromatic rings. The molecule has 4 N–H and O–H groups in total. The number of piperidine rings is 1. The van der Waals surface area contributed by atoms with Crippen LogP contribution in [0, 0.1) is 5.92 Å². The predicted molar refractivity (Wildman–Crippen MR) is 140 cm³/mol. The molecule has 2 heterocycles. The van der Waals surface area contributed by atoms with E-state index in [1.54, 1.807) is 25.1 Å². The van der Waals surface area contributed by atoms with E-state index in [4.69, 9.17) is 4.74 Å². The summed E-state index contributed by atoms with van der Waals surface area (Å²) in [6.07, 6.45) is 5.75. The summed E-state index contributed by atoms with van der Waals surface area (Å²) in [5, 5.41) is 27.4. The van der Waals surface area contributed by atoms with Crippen molar-refractivity contribution in [2.45, 2.75) is 81.1 Å². The number of amides is 1. The highest BCUT2D eigenvalue weighted by atomic mass is 16.5. The summed E-state index contributed by atoms with van der Waals surface area (Å²) >= 11 is 0. The van der Waals surface area contributed by atoms with Crippen molar-refractivity contribution in [3.63, 3.8) is 0 Å². The molecule has 0 radical (unpaired) electrons. The maximum Gasteiger partial charge on any atom is 0.335 e. The van der Waals surface area contributed by atoms with E-state index in [0.717, 1.165) is 55.8 Å². The maximum absolute atomic E-state index is 12.8. The molecule has 200 valence electrons. The van der Waals surface area contributed by atoms with Crippen molar-refractivity contribution in [3.05, 3.63) is 58.7 Å². The predicted octanol–water partition coefficient (Wildman–Crippen LogP) is 2.96. The minimum Gasteiger partial charge on any atom is -0.504 e. The molecule has 2 aromatic carbocycles. The number of ether oxygens (including phenoxy) is 1. The van der Waals surface area contributed by atoms with E-state index < -0.39 is 16.9 Å². The summed E-state index contributed by atoms with van der Waals surface area (Å²) in [5.41, 5.74) is 2.74. The van der Waals surface area contributed by atoms with E-state index in [2.05, 4.69) is 21.6 Å². The van der Waals surface area contributed by atoms with Crippen LogP contribution in [0.5, 0.6) is 11.5 Å². The molecule has 2 saturated carbocycles. The molecule has 7 rings (SSSR count). The minimum atomic E-state index is -0.933. The second-order valence-corrected chi connectivity index (χ2v) is 12.0. The lowest BCUT2D eigenvalue weighted by Crippen LogP contribution is -2.82. The van der Waals surface area contributed by atoms with Crippen molar-refractivity contribution < 1.29 is 24.5 Å². The molecule has 2 aliphatic heterocycles. The van der Waals surface area contributed by atoms with E-state index in [1.165, 1.54) is 18.4 Å². The summed E-state index contributed by atoms with van der Waals surface area (Å²) in [6.45, 7) is 4.25. The fourth-order valence-electron chi connectivity index (χ4n) is 8.32. The summed E-state index contributed by atoms with van der Waals surface area (Å²) < 4.78 is 6.74. The number of benzene rings is 2. The van der Waals surface area contributed by atoms with Crippen molar-refractivity contribution in [1.82, 2.24) is 15.5 Å². The second-order valence-electron chi connectivity index (χ2n) is 12.0. The normalized spacial score (nSPS) is 32.8. The summed E-state index contributed by atoms with van der Waals surface area (Å²) in [4.78, 5) is 26.7. The third-order valence-corrected chi connectivity index (χ3v) is 9.99. The van der Waals surface area contributed by atoms with Gasteiger partial charge in [-0.1, -0.05) is 18.2 Å². The largest absolute Gasteiger partial charge is 0.504 e. The number of carbonyl (C=O) groups excluding carboxylic acids is 1. The molecule has 8 heteroatoms. The molecule has 3 aliphatic carbocycles. The Morgan fingerprint density at radius 2 is 1.89 bits per heavy atom. The number of phenols is 1. The van der Waals surface area contributed by atoms with Crippen molar-refractivity contribution >= 4 is 11.9 Å². The molecular weight excluding hydrogens is 482 g/mol. The zero-order valence-electron chi connectivity index (χ0n) is 21.7. The Morgan fingerprint density at radius 1 is 1.11 bits per heavy atom. The molecule has 2 bridgehead atoms. The van der Waals surface area contributed by atoms with Gasteiger partial charge in [-0.2, -0.15) is 0 Å². The topological polar surface area (TPSA) is 111 Å². The summed E-state index contributed by atoms with van der Waals surface area (Å²) in [6, 6.07) is 11.0. The number of rotatable bonds is 7. The lowest BCUT2D eigenvalue weighted by Gasteiger charge is -2.66. The van der Waals surface area contributed by atoms with Gasteiger partial charge in [0.05, 0.1) is 16.5 Å². The Kier molecular flexibility index (Phi) is 5.33. The lowest BCUT2D eigenvalue weighted by atomic mass is 9.46. The van der Waals surface area contributed by atoms with Crippen LogP contribution in [0.4, 0.5) is 0 Å². The van der Waals surface area contributed by atoms with Crippen LogP contribution in [0.3, 0.4) is 0 Å². The average molecular weight is 518 g/mol. The van der Waals surface area contributed by atoms with Gasteiger partial charge in [-0.3, -0.25) is 9.69 Å². The Morgan fingerprint density at radius 3 is 2.61 bits per heavy atom. The first-order chi connectivity index (χ1) is 18.3. The number of nitrogens with zero attached hydrogens (tertiary/aromatic N) is 1. The minimum absolute atomic E-state index is 0.0108. The summed E-state index contributed by atoms with van der Waals surface area (Å²) in [7, 11) is 0. The highest BCUT2D eigenvalue weighted by Gasteiger charge is 2.73. The number of aromatic carboxylic acids is 1. The van der Waals surface area contributed by atoms with Crippen LogP contribution in [-0.4, -0.2) is 63.8 Å². The van der Waals surface area contributed by atoms with Crippen LogP contribution >= 0.6 is 0 Å². The second kappa shape index (κ2) is 8.45. The molecule has 1 amide bonds. The molecular formula is C30H35N3O5. The van der Waals surface area contributed by atoms with Gasteiger partial charge >= 0.3 is 5.97 Å². The zero-order valence-corrected chi connectivity index (χ0v) is 21.7. The van der Waals surface area contributed by atoms with Gasteiger partial charge in [0.1, 0.15) is 6.10 Å². The molecule has 38 heavy (non-hydrogen) atoms. The fraction of sp³-hybridized carbons (Fsp3) is 0.533. The van der Waals surface area contributed by atoms with Crippen molar-refractivity contribution in [2.24, 2.45) is 5.92 Å². The molecule has 1 saturated heterocycles. The van der Waals surface area contributed by atoms with E-state index in [9.17, 15) is 19.8 Å². The smallest absolute Gasteiger partial charge is 0.335 e. The molecule has 8 nitrogen and oxygen atoms in total. The maximum atomic E-state index is 12.8. The Bertz CT molecular complexity index is 1310. The number of phenolic OH excluding ortho intramolecular Hbond substituents is 1. The molecule has 1 spiro atoms. The van der Waals surface area contributed by atoms with Gasteiger partial charge in [0.25, 0.3) is 0 Å². The van der Waals surface area contributed by atoms with Crippen LogP contribution in [0.15, 0.2) is 36.4 Å². The van der Waals surface area contributed by atoms with Gasteiger partial charge in [-0.25, -0.2) is 4.79 Å². The Hall–Kier alpha value is -3.10. The van der Waals surface area contributed by atoms with Gasteiger partial charge < -0.3 is 25.6 Å². The Labute approximate surface area is 222 Å². The van der Waals surface area contributed by atoms with Gasteiger partial charge in [-0.15, -0.1) is 0 Å². The third kappa shape index (κ3) is 3.35. The number of aromatic hydroxyl groups is 1.